The number of hydrogen-bond acceptors (Lipinski definition) is 3. The van der Waals surface area contributed by atoms with Gasteiger partial charge in [-0.3, -0.25) is 0 Å². The van der Waals surface area contributed by atoms with E-state index < -0.39 is 0 Å². The molecule has 2 amide bonds. The molecule has 0 bridgehead atoms. The van der Waals surface area contributed by atoms with Crippen LogP contribution < -0.4 is 10.6 Å². The van der Waals surface area contributed by atoms with Crippen molar-refractivity contribution in [1.29, 1.82) is 0 Å². The van der Waals surface area contributed by atoms with Gasteiger partial charge in [0.2, 0.25) is 0 Å². The van der Waals surface area contributed by atoms with Crippen molar-refractivity contribution >= 4 is 16.9 Å². The summed E-state index contributed by atoms with van der Waals surface area (Å²) < 4.78 is 18.4. The number of fused-ring (bicyclic) bond motifs is 1. The van der Waals surface area contributed by atoms with Gasteiger partial charge in [-0.05, 0) is 57.4 Å². The minimum Gasteiger partial charge on any atom is -0.361 e. The number of H-pyrrole nitrogens is 1. The molecule has 0 fully saturated rings. The van der Waals surface area contributed by atoms with Gasteiger partial charge in [-0.1, -0.05) is 5.16 Å². The number of nitrogens with zero attached hydrogens (tertiary/aromatic N) is 1. The highest BCUT2D eigenvalue weighted by Crippen LogP contribution is 2.19. The Morgan fingerprint density at radius 1 is 1.38 bits per heavy atom. The number of halogens is 1. The molecule has 1 unspecified atom stereocenters. The van der Waals surface area contributed by atoms with Crippen LogP contribution in [0.25, 0.3) is 10.9 Å². The lowest BCUT2D eigenvalue weighted by Crippen LogP contribution is -2.42. The number of carbonyl (C=O) groups is 1. The maximum atomic E-state index is 13.2. The average Bonchev–Trinajstić information content (AvgIpc) is 3.12. The van der Waals surface area contributed by atoms with Crippen LogP contribution in [-0.2, 0) is 12.8 Å². The second-order valence-electron chi connectivity index (χ2n) is 6.56. The summed E-state index contributed by atoms with van der Waals surface area (Å²) in [6.07, 6.45) is 3.18. The summed E-state index contributed by atoms with van der Waals surface area (Å²) >= 11 is 0. The van der Waals surface area contributed by atoms with Crippen LogP contribution in [-0.4, -0.2) is 28.8 Å². The lowest BCUT2D eigenvalue weighted by atomic mass is 10.1. The molecule has 0 aliphatic rings. The van der Waals surface area contributed by atoms with E-state index in [4.69, 9.17) is 4.52 Å². The maximum Gasteiger partial charge on any atom is 0.315 e. The van der Waals surface area contributed by atoms with Crippen LogP contribution in [0.2, 0.25) is 0 Å². The first-order valence-electron chi connectivity index (χ1n) is 8.65. The number of amides is 2. The quantitative estimate of drug-likeness (QED) is 0.632. The molecule has 0 aliphatic carbocycles. The van der Waals surface area contributed by atoms with E-state index in [-0.39, 0.29) is 17.9 Å². The first kappa shape index (κ1) is 18.0. The Labute approximate surface area is 151 Å². The lowest BCUT2D eigenvalue weighted by molar-refractivity contribution is 0.238. The summed E-state index contributed by atoms with van der Waals surface area (Å²) in [6, 6.07) is 4.41. The largest absolute Gasteiger partial charge is 0.361 e. The molecule has 0 spiro atoms. The summed E-state index contributed by atoms with van der Waals surface area (Å²) in [6.45, 7) is 6.20. The van der Waals surface area contributed by atoms with Gasteiger partial charge in [-0.2, -0.15) is 0 Å². The average molecular weight is 358 g/mol. The van der Waals surface area contributed by atoms with Crippen molar-refractivity contribution in [3.63, 3.8) is 0 Å². The minimum absolute atomic E-state index is 0.0390. The van der Waals surface area contributed by atoms with Crippen LogP contribution in [0.1, 0.15) is 29.5 Å². The van der Waals surface area contributed by atoms with E-state index in [2.05, 4.69) is 20.8 Å². The van der Waals surface area contributed by atoms with Crippen molar-refractivity contribution in [3.05, 3.63) is 52.8 Å². The highest BCUT2D eigenvalue weighted by molar-refractivity contribution is 5.83. The molecule has 0 radical (unpaired) electrons. The number of aryl methyl sites for hydroxylation is 2. The topological polar surface area (TPSA) is 82.9 Å². The van der Waals surface area contributed by atoms with Gasteiger partial charge in [0.15, 0.2) is 0 Å². The summed E-state index contributed by atoms with van der Waals surface area (Å²) in [5, 5.41) is 10.7. The summed E-state index contributed by atoms with van der Waals surface area (Å²) in [5.41, 5.74) is 3.69. The molecule has 2 heterocycles. The number of benzene rings is 1. The normalized spacial score (nSPS) is 12.3. The van der Waals surface area contributed by atoms with E-state index in [1.54, 1.807) is 6.07 Å². The van der Waals surface area contributed by atoms with E-state index >= 15 is 0 Å². The van der Waals surface area contributed by atoms with Crippen molar-refractivity contribution in [2.24, 2.45) is 0 Å². The Kier molecular flexibility index (Phi) is 5.25. The molecule has 0 saturated heterocycles. The van der Waals surface area contributed by atoms with Crippen LogP contribution >= 0.6 is 0 Å². The third-order valence-electron chi connectivity index (χ3n) is 4.48. The van der Waals surface area contributed by atoms with E-state index in [1.165, 1.54) is 12.1 Å². The maximum absolute atomic E-state index is 13.2. The number of aromatic nitrogens is 2. The van der Waals surface area contributed by atoms with Crippen LogP contribution in [0.15, 0.2) is 28.9 Å². The fourth-order valence-electron chi connectivity index (χ4n) is 3.10. The predicted molar refractivity (Wildman–Crippen MR) is 97.6 cm³/mol. The third kappa shape index (κ3) is 4.04. The Hall–Kier alpha value is -2.83. The van der Waals surface area contributed by atoms with Gasteiger partial charge in [0, 0.05) is 35.2 Å². The molecular weight excluding hydrogens is 335 g/mol. The van der Waals surface area contributed by atoms with Gasteiger partial charge in [0.1, 0.15) is 11.6 Å². The van der Waals surface area contributed by atoms with Crippen molar-refractivity contribution in [3.8, 4) is 0 Å². The molecule has 3 rings (SSSR count). The van der Waals surface area contributed by atoms with Crippen LogP contribution in [0.3, 0.4) is 0 Å². The van der Waals surface area contributed by atoms with Gasteiger partial charge in [0.05, 0.1) is 5.69 Å². The van der Waals surface area contributed by atoms with Gasteiger partial charge in [-0.15, -0.1) is 0 Å². The second-order valence-corrected chi connectivity index (χ2v) is 6.56. The molecule has 3 N–H and O–H groups in total. The molecule has 0 saturated carbocycles. The van der Waals surface area contributed by atoms with Gasteiger partial charge < -0.3 is 20.1 Å². The summed E-state index contributed by atoms with van der Waals surface area (Å²) in [5.74, 6) is 0.517. The summed E-state index contributed by atoms with van der Waals surface area (Å²) in [7, 11) is 0. The van der Waals surface area contributed by atoms with Crippen LogP contribution in [0.5, 0.6) is 0 Å². The van der Waals surface area contributed by atoms with E-state index in [1.807, 2.05) is 27.0 Å². The molecular formula is C19H23FN4O2. The Morgan fingerprint density at radius 2 is 2.19 bits per heavy atom. The number of carbonyl (C=O) groups excluding carboxylic acids is 1. The molecule has 6 nitrogen and oxygen atoms in total. The van der Waals surface area contributed by atoms with E-state index in [0.717, 1.165) is 33.5 Å². The van der Waals surface area contributed by atoms with Gasteiger partial charge in [0.25, 0.3) is 0 Å². The smallest absolute Gasteiger partial charge is 0.315 e. The molecule has 0 aliphatic heterocycles. The van der Waals surface area contributed by atoms with Gasteiger partial charge >= 0.3 is 6.03 Å². The Morgan fingerprint density at radius 3 is 2.92 bits per heavy atom. The Balaban J connectivity index is 1.48. The molecule has 2 aromatic heterocycles. The number of urea groups is 1. The molecule has 138 valence electrons. The molecule has 7 heteroatoms. The van der Waals surface area contributed by atoms with Crippen LogP contribution in [0, 0.1) is 19.7 Å². The van der Waals surface area contributed by atoms with Crippen molar-refractivity contribution in [2.75, 3.05) is 6.54 Å². The molecule has 1 atom stereocenters. The fraction of sp³-hybridized carbons (Fsp3) is 0.368. The number of nitrogens with one attached hydrogen (secondary N) is 3. The number of rotatable bonds is 6. The molecule has 26 heavy (non-hydrogen) atoms. The number of hydrogen-bond donors (Lipinski definition) is 3. The molecule has 3 aromatic rings. The van der Waals surface area contributed by atoms with E-state index in [9.17, 15) is 9.18 Å². The highest BCUT2D eigenvalue weighted by Gasteiger charge is 2.14. The zero-order chi connectivity index (χ0) is 18.7. The zero-order valence-corrected chi connectivity index (χ0v) is 15.1. The number of aromatic amines is 1. The van der Waals surface area contributed by atoms with Crippen molar-refractivity contribution in [2.45, 2.75) is 39.7 Å². The SMILES string of the molecule is Cc1noc(C)c1CC(C)NC(=O)NCCc1c[nH]c2cc(F)ccc12. The zero-order valence-electron chi connectivity index (χ0n) is 15.1. The van der Waals surface area contributed by atoms with Crippen molar-refractivity contribution in [1.82, 2.24) is 20.8 Å². The Bertz CT molecular complexity index is 896. The monoisotopic (exact) mass is 358 g/mol. The second kappa shape index (κ2) is 7.59. The summed E-state index contributed by atoms with van der Waals surface area (Å²) in [4.78, 5) is 15.1. The standard InChI is InChI=1S/C19H23FN4O2/c1-11(8-17-12(2)24-26-13(17)3)23-19(25)21-7-6-14-10-22-18-9-15(20)4-5-16(14)18/h4-5,9-11,22H,6-8H2,1-3H3,(H2,21,23,25). The van der Waals surface area contributed by atoms with Crippen molar-refractivity contribution < 1.29 is 13.7 Å². The van der Waals surface area contributed by atoms with Gasteiger partial charge in [-0.25, -0.2) is 9.18 Å². The fourth-order valence-corrected chi connectivity index (χ4v) is 3.10. The first-order valence-corrected chi connectivity index (χ1v) is 8.65. The highest BCUT2D eigenvalue weighted by atomic mass is 19.1. The predicted octanol–water partition coefficient (Wildman–Crippen LogP) is 3.38. The van der Waals surface area contributed by atoms with Crippen LogP contribution in [0.4, 0.5) is 9.18 Å². The third-order valence-corrected chi connectivity index (χ3v) is 4.48. The first-order chi connectivity index (χ1) is 12.4. The van der Waals surface area contributed by atoms with E-state index in [0.29, 0.717) is 19.4 Å². The minimum atomic E-state index is -0.268. The molecule has 1 aromatic carbocycles. The lowest BCUT2D eigenvalue weighted by Gasteiger charge is -2.14.